The van der Waals surface area contributed by atoms with Crippen LogP contribution in [0.15, 0.2) is 59.1 Å². The fourth-order valence-electron chi connectivity index (χ4n) is 3.18. The van der Waals surface area contributed by atoms with E-state index < -0.39 is 0 Å². The van der Waals surface area contributed by atoms with Crippen molar-refractivity contribution in [2.24, 2.45) is 0 Å². The highest BCUT2D eigenvalue weighted by atomic mass is 35.5. The van der Waals surface area contributed by atoms with E-state index in [-0.39, 0.29) is 11.9 Å². The van der Waals surface area contributed by atoms with Gasteiger partial charge in [-0.3, -0.25) is 4.68 Å². The number of ether oxygens (including phenoxy) is 1. The van der Waals surface area contributed by atoms with Crippen molar-refractivity contribution >= 4 is 11.6 Å². The number of halogens is 2. The molecular weight excluding hydrogens is 383 g/mol. The average molecular weight is 397 g/mol. The highest BCUT2D eigenvalue weighted by Gasteiger charge is 2.24. The highest BCUT2D eigenvalue weighted by molar-refractivity contribution is 6.30. The third kappa shape index (κ3) is 3.19. The number of hydrogen-bond donors (Lipinski definition) is 0. The Morgan fingerprint density at radius 2 is 1.96 bits per heavy atom. The van der Waals surface area contributed by atoms with E-state index >= 15 is 0 Å². The molecule has 4 aromatic rings. The summed E-state index contributed by atoms with van der Waals surface area (Å²) in [7, 11) is 0. The van der Waals surface area contributed by atoms with Gasteiger partial charge in [0, 0.05) is 10.6 Å². The lowest BCUT2D eigenvalue weighted by molar-refractivity contribution is -0.00116. The third-order valence-electron chi connectivity index (χ3n) is 4.60. The lowest BCUT2D eigenvalue weighted by atomic mass is 10.1. The Balaban J connectivity index is 1.40. The lowest BCUT2D eigenvalue weighted by Gasteiger charge is -2.24. The van der Waals surface area contributed by atoms with Crippen LogP contribution in [-0.2, 0) is 17.9 Å². The van der Waals surface area contributed by atoms with E-state index in [1.807, 2.05) is 22.9 Å². The molecule has 0 aliphatic carbocycles. The maximum absolute atomic E-state index is 13.1. The number of benzene rings is 2. The molecule has 5 rings (SSSR count). The van der Waals surface area contributed by atoms with Gasteiger partial charge in [-0.25, -0.2) is 4.39 Å². The molecule has 0 amide bonds. The second-order valence-electron chi connectivity index (χ2n) is 6.49. The SMILES string of the molecule is Fc1ccc([C@@H]2Cn3nc(-c4nc(-c5cccc(Cl)c5)no4)cc3CO2)cc1. The van der Waals surface area contributed by atoms with Crippen LogP contribution in [-0.4, -0.2) is 19.9 Å². The molecule has 2 aromatic carbocycles. The fourth-order valence-corrected chi connectivity index (χ4v) is 3.37. The Bertz CT molecular complexity index is 1140. The molecule has 0 N–H and O–H groups in total. The summed E-state index contributed by atoms with van der Waals surface area (Å²) in [6.07, 6.45) is -0.189. The summed E-state index contributed by atoms with van der Waals surface area (Å²) in [6.45, 7) is 0.917. The molecule has 0 saturated carbocycles. The van der Waals surface area contributed by atoms with Gasteiger partial charge in [-0.05, 0) is 35.9 Å². The minimum Gasteiger partial charge on any atom is -0.365 e. The molecule has 0 unspecified atom stereocenters. The Morgan fingerprint density at radius 1 is 1.11 bits per heavy atom. The molecule has 0 spiro atoms. The van der Waals surface area contributed by atoms with Crippen molar-refractivity contribution in [3.63, 3.8) is 0 Å². The van der Waals surface area contributed by atoms with Crippen molar-refractivity contribution in [3.8, 4) is 23.0 Å². The van der Waals surface area contributed by atoms with Gasteiger partial charge >= 0.3 is 0 Å². The van der Waals surface area contributed by atoms with Crippen molar-refractivity contribution < 1.29 is 13.7 Å². The van der Waals surface area contributed by atoms with Crippen LogP contribution in [0.25, 0.3) is 23.0 Å². The Labute approximate surface area is 164 Å². The summed E-state index contributed by atoms with van der Waals surface area (Å²) in [5, 5.41) is 9.20. The molecule has 8 heteroatoms. The van der Waals surface area contributed by atoms with Crippen molar-refractivity contribution in [1.29, 1.82) is 0 Å². The fraction of sp³-hybridized carbons (Fsp3) is 0.150. The van der Waals surface area contributed by atoms with Crippen molar-refractivity contribution in [2.45, 2.75) is 19.3 Å². The molecule has 1 aliphatic heterocycles. The summed E-state index contributed by atoms with van der Waals surface area (Å²) in [5.41, 5.74) is 3.17. The van der Waals surface area contributed by atoms with Gasteiger partial charge in [0.25, 0.3) is 5.89 Å². The molecule has 140 valence electrons. The largest absolute Gasteiger partial charge is 0.365 e. The zero-order valence-corrected chi connectivity index (χ0v) is 15.3. The maximum atomic E-state index is 13.1. The van der Waals surface area contributed by atoms with Crippen LogP contribution in [0.5, 0.6) is 0 Å². The van der Waals surface area contributed by atoms with E-state index in [4.69, 9.17) is 20.9 Å². The van der Waals surface area contributed by atoms with Gasteiger partial charge in [0.05, 0.1) is 18.8 Å². The zero-order chi connectivity index (χ0) is 19.1. The molecule has 3 heterocycles. The molecule has 6 nitrogen and oxygen atoms in total. The van der Waals surface area contributed by atoms with Gasteiger partial charge in [0.2, 0.25) is 5.82 Å². The van der Waals surface area contributed by atoms with Crippen LogP contribution in [0.2, 0.25) is 5.02 Å². The monoisotopic (exact) mass is 396 g/mol. The first-order chi connectivity index (χ1) is 13.7. The van der Waals surface area contributed by atoms with Gasteiger partial charge < -0.3 is 9.26 Å². The van der Waals surface area contributed by atoms with E-state index in [0.717, 1.165) is 16.8 Å². The molecule has 0 fully saturated rings. The average Bonchev–Trinajstić information content (AvgIpc) is 3.35. The quantitative estimate of drug-likeness (QED) is 0.503. The topological polar surface area (TPSA) is 66.0 Å². The van der Waals surface area contributed by atoms with Gasteiger partial charge in [0.15, 0.2) is 5.69 Å². The lowest BCUT2D eigenvalue weighted by Crippen LogP contribution is -2.21. The summed E-state index contributed by atoms with van der Waals surface area (Å²) in [5.74, 6) is 0.507. The van der Waals surface area contributed by atoms with Crippen LogP contribution in [0, 0.1) is 5.82 Å². The van der Waals surface area contributed by atoms with Crippen LogP contribution in [0.3, 0.4) is 0 Å². The first-order valence-corrected chi connectivity index (χ1v) is 9.07. The van der Waals surface area contributed by atoms with Crippen LogP contribution >= 0.6 is 11.6 Å². The van der Waals surface area contributed by atoms with Crippen LogP contribution in [0.1, 0.15) is 17.4 Å². The third-order valence-corrected chi connectivity index (χ3v) is 4.84. The Kier molecular flexibility index (Phi) is 4.18. The van der Waals surface area contributed by atoms with E-state index in [2.05, 4.69) is 15.2 Å². The van der Waals surface area contributed by atoms with Crippen molar-refractivity contribution in [1.82, 2.24) is 19.9 Å². The summed E-state index contributed by atoms with van der Waals surface area (Å²) in [4.78, 5) is 4.43. The molecule has 0 radical (unpaired) electrons. The Hall–Kier alpha value is -3.03. The number of aromatic nitrogens is 4. The van der Waals surface area contributed by atoms with E-state index in [0.29, 0.717) is 35.6 Å². The van der Waals surface area contributed by atoms with E-state index in [9.17, 15) is 4.39 Å². The number of fused-ring (bicyclic) bond motifs is 1. The number of hydrogen-bond acceptors (Lipinski definition) is 5. The first-order valence-electron chi connectivity index (χ1n) is 8.69. The highest BCUT2D eigenvalue weighted by Crippen LogP contribution is 2.29. The molecule has 2 aromatic heterocycles. The summed E-state index contributed by atoms with van der Waals surface area (Å²) < 4.78 is 26.3. The predicted molar refractivity (Wildman–Crippen MR) is 99.9 cm³/mol. The number of rotatable bonds is 3. The zero-order valence-electron chi connectivity index (χ0n) is 14.5. The minimum atomic E-state index is -0.270. The predicted octanol–water partition coefficient (Wildman–Crippen LogP) is 4.66. The normalized spacial score (nSPS) is 16.1. The molecule has 0 bridgehead atoms. The van der Waals surface area contributed by atoms with E-state index in [1.54, 1.807) is 24.3 Å². The molecule has 0 saturated heterocycles. The maximum Gasteiger partial charge on any atom is 0.278 e. The van der Waals surface area contributed by atoms with Crippen LogP contribution in [0.4, 0.5) is 4.39 Å². The van der Waals surface area contributed by atoms with Gasteiger partial charge in [-0.2, -0.15) is 10.1 Å². The molecule has 28 heavy (non-hydrogen) atoms. The summed E-state index contributed by atoms with van der Waals surface area (Å²) in [6, 6.07) is 15.4. The smallest absolute Gasteiger partial charge is 0.278 e. The number of nitrogens with zero attached hydrogens (tertiary/aromatic N) is 4. The minimum absolute atomic E-state index is 0.189. The molecule has 1 aliphatic rings. The second-order valence-corrected chi connectivity index (χ2v) is 6.92. The van der Waals surface area contributed by atoms with Gasteiger partial charge in [-0.1, -0.05) is 41.0 Å². The van der Waals surface area contributed by atoms with Gasteiger partial charge in [0.1, 0.15) is 11.9 Å². The van der Waals surface area contributed by atoms with Crippen molar-refractivity contribution in [3.05, 3.63) is 76.7 Å². The van der Waals surface area contributed by atoms with E-state index in [1.165, 1.54) is 12.1 Å². The van der Waals surface area contributed by atoms with Crippen LogP contribution < -0.4 is 0 Å². The summed E-state index contributed by atoms with van der Waals surface area (Å²) >= 11 is 6.02. The Morgan fingerprint density at radius 3 is 2.79 bits per heavy atom. The first kappa shape index (κ1) is 17.1. The van der Waals surface area contributed by atoms with Gasteiger partial charge in [-0.15, -0.1) is 0 Å². The molecular formula is C20H14ClFN4O2. The standard InChI is InChI=1S/C20H14ClFN4O2/c21-14-3-1-2-13(8-14)19-23-20(28-25-19)17-9-16-11-27-18(10-26(16)24-17)12-4-6-15(22)7-5-12/h1-9,18H,10-11H2/t18-/m0/s1. The second kappa shape index (κ2) is 6.85. The van der Waals surface area contributed by atoms with Crippen molar-refractivity contribution in [2.75, 3.05) is 0 Å². The molecule has 1 atom stereocenters.